The minimum Gasteiger partial charge on any atom is -0.399 e. The van der Waals surface area contributed by atoms with Crippen molar-refractivity contribution in [2.75, 3.05) is 11.1 Å². The average Bonchev–Trinajstić information content (AvgIpc) is 2.37. The smallest absolute Gasteiger partial charge is 0.255 e. The lowest BCUT2D eigenvalue weighted by Crippen LogP contribution is -2.12. The summed E-state index contributed by atoms with van der Waals surface area (Å²) in [5, 5.41) is 3.16. The van der Waals surface area contributed by atoms with Crippen molar-refractivity contribution in [2.24, 2.45) is 0 Å². The van der Waals surface area contributed by atoms with Crippen LogP contribution in [0.25, 0.3) is 0 Å². The first-order valence-electron chi connectivity index (χ1n) is 5.52. The monoisotopic (exact) mass is 270 g/mol. The SMILES string of the molecule is C#Cc1cccc(NC(=O)c2cc(N)cc(Cl)c2)c1. The molecule has 2 aromatic carbocycles. The predicted octanol–water partition coefficient (Wildman–Crippen LogP) is 3.16. The van der Waals surface area contributed by atoms with E-state index in [4.69, 9.17) is 23.8 Å². The van der Waals surface area contributed by atoms with Crippen molar-refractivity contribution < 1.29 is 4.79 Å². The van der Waals surface area contributed by atoms with Crippen LogP contribution in [0.3, 0.4) is 0 Å². The second-order valence-electron chi connectivity index (χ2n) is 3.95. The molecule has 19 heavy (non-hydrogen) atoms. The highest BCUT2D eigenvalue weighted by molar-refractivity contribution is 6.31. The molecule has 3 N–H and O–H groups in total. The summed E-state index contributed by atoms with van der Waals surface area (Å²) in [6, 6.07) is 11.7. The van der Waals surface area contributed by atoms with Crippen LogP contribution in [0.5, 0.6) is 0 Å². The molecule has 2 aromatic rings. The number of hydrogen-bond donors (Lipinski definition) is 2. The number of anilines is 2. The fourth-order valence-corrected chi connectivity index (χ4v) is 1.88. The summed E-state index contributed by atoms with van der Waals surface area (Å²) in [6.45, 7) is 0. The van der Waals surface area contributed by atoms with Crippen LogP contribution in [0.1, 0.15) is 15.9 Å². The molecule has 4 heteroatoms. The highest BCUT2D eigenvalue weighted by Crippen LogP contribution is 2.18. The Hall–Kier alpha value is -2.44. The Balaban J connectivity index is 2.23. The van der Waals surface area contributed by atoms with Crippen molar-refractivity contribution in [2.45, 2.75) is 0 Å². The molecule has 2 rings (SSSR count). The maximum atomic E-state index is 12.0. The Morgan fingerprint density at radius 3 is 2.74 bits per heavy atom. The summed E-state index contributed by atoms with van der Waals surface area (Å²) in [5.74, 6) is 2.22. The van der Waals surface area contributed by atoms with Gasteiger partial charge in [-0.05, 0) is 36.4 Å². The van der Waals surface area contributed by atoms with Gasteiger partial charge >= 0.3 is 0 Å². The number of rotatable bonds is 2. The number of terminal acetylenes is 1. The lowest BCUT2D eigenvalue weighted by atomic mass is 10.1. The van der Waals surface area contributed by atoms with Gasteiger partial charge in [-0.25, -0.2) is 0 Å². The van der Waals surface area contributed by atoms with Crippen molar-refractivity contribution in [1.82, 2.24) is 0 Å². The number of nitrogens with two attached hydrogens (primary N) is 1. The fourth-order valence-electron chi connectivity index (χ4n) is 1.63. The van der Waals surface area contributed by atoms with Gasteiger partial charge in [-0.2, -0.15) is 0 Å². The standard InChI is InChI=1S/C15H11ClN2O/c1-2-10-4-3-5-14(6-10)18-15(19)11-7-12(16)9-13(17)8-11/h1,3-9H,17H2,(H,18,19). The summed E-state index contributed by atoms with van der Waals surface area (Å²) in [6.07, 6.45) is 5.30. The molecule has 0 fully saturated rings. The minimum absolute atomic E-state index is 0.289. The van der Waals surface area contributed by atoms with Gasteiger partial charge in [-0.1, -0.05) is 23.6 Å². The molecule has 0 spiro atoms. The van der Waals surface area contributed by atoms with E-state index in [1.807, 2.05) is 0 Å². The summed E-state index contributed by atoms with van der Waals surface area (Å²) >= 11 is 5.86. The van der Waals surface area contributed by atoms with Crippen molar-refractivity contribution in [3.05, 3.63) is 58.6 Å². The lowest BCUT2D eigenvalue weighted by Gasteiger charge is -2.07. The molecule has 0 saturated heterocycles. The molecule has 0 aliphatic heterocycles. The van der Waals surface area contributed by atoms with Crippen LogP contribution in [0.15, 0.2) is 42.5 Å². The Labute approximate surface area is 116 Å². The number of halogens is 1. The van der Waals surface area contributed by atoms with Crippen LogP contribution in [0, 0.1) is 12.3 Å². The fraction of sp³-hybridized carbons (Fsp3) is 0. The number of nitrogens with one attached hydrogen (secondary N) is 1. The number of carbonyl (C=O) groups is 1. The molecular weight excluding hydrogens is 260 g/mol. The summed E-state index contributed by atoms with van der Waals surface area (Å²) in [4.78, 5) is 12.0. The van der Waals surface area contributed by atoms with E-state index in [2.05, 4.69) is 11.2 Å². The maximum Gasteiger partial charge on any atom is 0.255 e. The molecule has 0 aliphatic carbocycles. The average molecular weight is 271 g/mol. The van der Waals surface area contributed by atoms with E-state index in [1.54, 1.807) is 42.5 Å². The molecule has 0 aromatic heterocycles. The van der Waals surface area contributed by atoms with Crippen LogP contribution < -0.4 is 11.1 Å². The van der Waals surface area contributed by atoms with Gasteiger partial charge in [0.15, 0.2) is 0 Å². The lowest BCUT2D eigenvalue weighted by molar-refractivity contribution is 0.102. The Morgan fingerprint density at radius 1 is 1.26 bits per heavy atom. The number of hydrogen-bond acceptors (Lipinski definition) is 2. The number of nitrogen functional groups attached to an aromatic ring is 1. The van der Waals surface area contributed by atoms with Crippen molar-refractivity contribution in [3.63, 3.8) is 0 Å². The third-order valence-corrected chi connectivity index (χ3v) is 2.69. The molecule has 0 aliphatic rings. The molecular formula is C15H11ClN2O. The maximum absolute atomic E-state index is 12.0. The molecule has 0 unspecified atom stereocenters. The van der Waals surface area contributed by atoms with Crippen LogP contribution in [0.2, 0.25) is 5.02 Å². The molecule has 0 bridgehead atoms. The largest absolute Gasteiger partial charge is 0.399 e. The van der Waals surface area contributed by atoms with Crippen LogP contribution in [-0.4, -0.2) is 5.91 Å². The van der Waals surface area contributed by atoms with Crippen molar-refractivity contribution in [1.29, 1.82) is 0 Å². The molecule has 0 radical (unpaired) electrons. The van der Waals surface area contributed by atoms with Gasteiger partial charge in [0, 0.05) is 27.5 Å². The van der Waals surface area contributed by atoms with Gasteiger partial charge in [0.25, 0.3) is 5.91 Å². The van der Waals surface area contributed by atoms with Crippen molar-refractivity contribution in [3.8, 4) is 12.3 Å². The second kappa shape index (κ2) is 5.47. The normalized spacial score (nSPS) is 9.68. The minimum atomic E-state index is -0.289. The highest BCUT2D eigenvalue weighted by atomic mass is 35.5. The van der Waals surface area contributed by atoms with E-state index in [1.165, 1.54) is 0 Å². The van der Waals surface area contributed by atoms with Crippen LogP contribution in [0.4, 0.5) is 11.4 Å². The summed E-state index contributed by atoms with van der Waals surface area (Å²) < 4.78 is 0. The summed E-state index contributed by atoms with van der Waals surface area (Å²) in [7, 11) is 0. The van der Waals surface area contributed by atoms with Crippen molar-refractivity contribution >= 4 is 28.9 Å². The van der Waals surface area contributed by atoms with Gasteiger partial charge in [0.05, 0.1) is 0 Å². The van der Waals surface area contributed by atoms with E-state index < -0.39 is 0 Å². The van der Waals surface area contributed by atoms with Gasteiger partial charge < -0.3 is 11.1 Å². The van der Waals surface area contributed by atoms with Gasteiger partial charge in [0.1, 0.15) is 0 Å². The van der Waals surface area contributed by atoms with E-state index in [9.17, 15) is 4.79 Å². The van der Waals surface area contributed by atoms with E-state index in [0.717, 1.165) is 0 Å². The third kappa shape index (κ3) is 3.27. The molecule has 0 saturated carbocycles. The zero-order chi connectivity index (χ0) is 13.8. The predicted molar refractivity (Wildman–Crippen MR) is 78.2 cm³/mol. The quantitative estimate of drug-likeness (QED) is 0.651. The number of amides is 1. The molecule has 0 heterocycles. The first-order valence-corrected chi connectivity index (χ1v) is 5.90. The first kappa shape index (κ1) is 13.0. The molecule has 1 amide bonds. The van der Waals surface area contributed by atoms with E-state index >= 15 is 0 Å². The number of benzene rings is 2. The van der Waals surface area contributed by atoms with Crippen LogP contribution >= 0.6 is 11.6 Å². The zero-order valence-electron chi connectivity index (χ0n) is 9.98. The third-order valence-electron chi connectivity index (χ3n) is 2.47. The Kier molecular flexibility index (Phi) is 3.74. The zero-order valence-corrected chi connectivity index (χ0v) is 10.7. The molecule has 3 nitrogen and oxygen atoms in total. The number of carbonyl (C=O) groups excluding carboxylic acids is 1. The Morgan fingerprint density at radius 2 is 2.05 bits per heavy atom. The van der Waals surface area contributed by atoms with Gasteiger partial charge in [0.2, 0.25) is 0 Å². The van der Waals surface area contributed by atoms with E-state index in [-0.39, 0.29) is 5.91 Å². The van der Waals surface area contributed by atoms with Gasteiger partial charge in [-0.15, -0.1) is 6.42 Å². The highest BCUT2D eigenvalue weighted by Gasteiger charge is 2.08. The Bertz CT molecular complexity index is 654. The topological polar surface area (TPSA) is 55.1 Å². The van der Waals surface area contributed by atoms with E-state index in [0.29, 0.717) is 27.5 Å². The van der Waals surface area contributed by atoms with Crippen LogP contribution in [-0.2, 0) is 0 Å². The van der Waals surface area contributed by atoms with Gasteiger partial charge in [-0.3, -0.25) is 4.79 Å². The molecule has 0 atom stereocenters. The molecule has 94 valence electrons. The second-order valence-corrected chi connectivity index (χ2v) is 4.39. The first-order chi connectivity index (χ1) is 9.08. The summed E-state index contributed by atoms with van der Waals surface area (Å²) in [5.41, 5.74) is 7.81.